The topological polar surface area (TPSA) is 54.9 Å². The summed E-state index contributed by atoms with van der Waals surface area (Å²) in [5.41, 5.74) is 2.69. The van der Waals surface area contributed by atoms with Crippen molar-refractivity contribution in [3.63, 3.8) is 0 Å². The summed E-state index contributed by atoms with van der Waals surface area (Å²) >= 11 is 0. The van der Waals surface area contributed by atoms with Crippen LogP contribution in [0.25, 0.3) is 0 Å². The Labute approximate surface area is 201 Å². The number of carbonyl (C=O) groups excluding carboxylic acids is 1. The van der Waals surface area contributed by atoms with Crippen molar-refractivity contribution in [1.82, 2.24) is 9.88 Å². The van der Waals surface area contributed by atoms with Crippen LogP contribution in [0.4, 0.5) is 5.82 Å². The summed E-state index contributed by atoms with van der Waals surface area (Å²) in [4.78, 5) is 21.7. The summed E-state index contributed by atoms with van der Waals surface area (Å²) in [5.74, 6) is 0.568. The van der Waals surface area contributed by atoms with Crippen LogP contribution in [0.5, 0.6) is 0 Å². The minimum absolute atomic E-state index is 0.267. The van der Waals surface area contributed by atoms with Gasteiger partial charge in [0.15, 0.2) is 0 Å². The van der Waals surface area contributed by atoms with Crippen molar-refractivity contribution < 1.29 is 14.3 Å². The molecule has 2 fully saturated rings. The largest absolute Gasteiger partial charge is 0.457 e. The molecule has 1 aliphatic heterocycles. The molecule has 0 radical (unpaired) electrons. The lowest BCUT2D eigenvalue weighted by molar-refractivity contribution is -0.0598. The lowest BCUT2D eigenvalue weighted by atomic mass is 9.87. The molecule has 1 aliphatic carbocycles. The number of carbonyl (C=O) groups is 1. The van der Waals surface area contributed by atoms with Gasteiger partial charge in [-0.15, -0.1) is 0 Å². The molecule has 2 aromatic carbocycles. The van der Waals surface area contributed by atoms with E-state index in [9.17, 15) is 4.79 Å². The molecule has 0 N–H and O–H groups in total. The molecule has 6 heteroatoms. The number of ether oxygens (including phenoxy) is 2. The van der Waals surface area contributed by atoms with Crippen LogP contribution < -0.4 is 4.90 Å². The standard InChI is InChI=1S/C28H31N3O3/c32-28(34-21-23-9-5-2-6-10-23)24-11-12-27(29-19-24)31-15-13-30(14-16-31)25-17-26(18-25)33-20-22-7-3-1-4-8-22/h1-12,19,25-26H,13-18,20-21H2. The number of hydrogen-bond acceptors (Lipinski definition) is 6. The van der Waals surface area contributed by atoms with E-state index in [1.807, 2.05) is 48.5 Å². The zero-order valence-electron chi connectivity index (χ0n) is 19.4. The van der Waals surface area contributed by atoms with Gasteiger partial charge in [0, 0.05) is 38.4 Å². The minimum atomic E-state index is -0.346. The molecule has 3 aromatic rings. The minimum Gasteiger partial charge on any atom is -0.457 e. The highest BCUT2D eigenvalue weighted by molar-refractivity contribution is 5.89. The Morgan fingerprint density at radius 1 is 0.824 bits per heavy atom. The summed E-state index contributed by atoms with van der Waals surface area (Å²) in [6.45, 7) is 4.90. The molecule has 1 saturated heterocycles. The normalized spacial score (nSPS) is 20.5. The van der Waals surface area contributed by atoms with Gasteiger partial charge >= 0.3 is 5.97 Å². The molecule has 0 atom stereocenters. The number of pyridine rings is 1. The molecule has 6 nitrogen and oxygen atoms in total. The number of nitrogens with zero attached hydrogens (tertiary/aromatic N) is 3. The predicted molar refractivity (Wildman–Crippen MR) is 132 cm³/mol. The van der Waals surface area contributed by atoms with E-state index in [0.717, 1.165) is 50.4 Å². The van der Waals surface area contributed by atoms with E-state index in [1.165, 1.54) is 5.56 Å². The number of benzene rings is 2. The van der Waals surface area contributed by atoms with Crippen molar-refractivity contribution >= 4 is 11.8 Å². The molecular formula is C28H31N3O3. The summed E-state index contributed by atoms with van der Waals surface area (Å²) in [5, 5.41) is 0. The number of anilines is 1. The monoisotopic (exact) mass is 457 g/mol. The molecule has 1 saturated carbocycles. The van der Waals surface area contributed by atoms with Gasteiger partial charge in [0.2, 0.25) is 0 Å². The van der Waals surface area contributed by atoms with Gasteiger partial charge in [0.1, 0.15) is 12.4 Å². The Hall–Kier alpha value is -3.22. The molecule has 1 aromatic heterocycles. The average molecular weight is 458 g/mol. The van der Waals surface area contributed by atoms with Gasteiger partial charge in [0.05, 0.1) is 18.3 Å². The first kappa shape index (κ1) is 22.6. The summed E-state index contributed by atoms with van der Waals surface area (Å²) in [7, 11) is 0. The fourth-order valence-electron chi connectivity index (χ4n) is 4.58. The lowest BCUT2D eigenvalue weighted by Crippen LogP contribution is -2.55. The Balaban J connectivity index is 1.03. The van der Waals surface area contributed by atoms with Crippen molar-refractivity contribution in [2.75, 3.05) is 31.1 Å². The average Bonchev–Trinajstić information content (AvgIpc) is 2.88. The van der Waals surface area contributed by atoms with Gasteiger partial charge in [-0.05, 0) is 36.1 Å². The van der Waals surface area contributed by atoms with Crippen LogP contribution in [-0.2, 0) is 22.7 Å². The first-order valence-corrected chi connectivity index (χ1v) is 12.1. The Kier molecular flexibility index (Phi) is 7.17. The predicted octanol–water partition coefficient (Wildman–Crippen LogP) is 4.31. The first-order valence-electron chi connectivity index (χ1n) is 12.1. The van der Waals surface area contributed by atoms with E-state index >= 15 is 0 Å². The number of esters is 1. The molecule has 0 bridgehead atoms. The van der Waals surface area contributed by atoms with E-state index in [1.54, 1.807) is 6.20 Å². The van der Waals surface area contributed by atoms with Crippen LogP contribution in [0.3, 0.4) is 0 Å². The highest BCUT2D eigenvalue weighted by atomic mass is 16.5. The fraction of sp³-hybridized carbons (Fsp3) is 0.357. The molecule has 0 amide bonds. The summed E-state index contributed by atoms with van der Waals surface area (Å²) < 4.78 is 11.5. The molecule has 34 heavy (non-hydrogen) atoms. The zero-order valence-corrected chi connectivity index (χ0v) is 19.4. The second kappa shape index (κ2) is 10.8. The number of rotatable bonds is 8. The highest BCUT2D eigenvalue weighted by Crippen LogP contribution is 2.30. The molecule has 0 unspecified atom stereocenters. The number of hydrogen-bond donors (Lipinski definition) is 0. The molecule has 0 spiro atoms. The third-order valence-electron chi connectivity index (χ3n) is 6.75. The Bertz CT molecular complexity index is 1050. The van der Waals surface area contributed by atoms with E-state index < -0.39 is 0 Å². The molecule has 5 rings (SSSR count). The third-order valence-corrected chi connectivity index (χ3v) is 6.75. The lowest BCUT2D eigenvalue weighted by Gasteiger charge is -2.46. The van der Waals surface area contributed by atoms with E-state index in [4.69, 9.17) is 9.47 Å². The van der Waals surface area contributed by atoms with Crippen molar-refractivity contribution in [3.05, 3.63) is 95.7 Å². The van der Waals surface area contributed by atoms with E-state index in [-0.39, 0.29) is 12.6 Å². The second-order valence-corrected chi connectivity index (χ2v) is 9.03. The van der Waals surface area contributed by atoms with Crippen molar-refractivity contribution in [1.29, 1.82) is 0 Å². The zero-order chi connectivity index (χ0) is 23.2. The Morgan fingerprint density at radius 3 is 2.09 bits per heavy atom. The van der Waals surface area contributed by atoms with Crippen molar-refractivity contribution in [3.8, 4) is 0 Å². The second-order valence-electron chi connectivity index (χ2n) is 9.03. The van der Waals surface area contributed by atoms with Gasteiger partial charge < -0.3 is 14.4 Å². The summed E-state index contributed by atoms with van der Waals surface area (Å²) in [6.07, 6.45) is 4.23. The van der Waals surface area contributed by atoms with E-state index in [0.29, 0.717) is 24.3 Å². The first-order chi connectivity index (χ1) is 16.7. The fourth-order valence-corrected chi connectivity index (χ4v) is 4.58. The smallest absolute Gasteiger partial charge is 0.340 e. The molecule has 2 heterocycles. The van der Waals surface area contributed by atoms with Crippen molar-refractivity contribution in [2.45, 2.75) is 38.2 Å². The maximum atomic E-state index is 12.3. The maximum Gasteiger partial charge on any atom is 0.340 e. The molecular weight excluding hydrogens is 426 g/mol. The van der Waals surface area contributed by atoms with Crippen LogP contribution >= 0.6 is 0 Å². The van der Waals surface area contributed by atoms with Gasteiger partial charge in [-0.1, -0.05) is 60.7 Å². The van der Waals surface area contributed by atoms with E-state index in [2.05, 4.69) is 39.0 Å². The van der Waals surface area contributed by atoms with Crippen LogP contribution in [0.2, 0.25) is 0 Å². The van der Waals surface area contributed by atoms with Crippen LogP contribution in [0.15, 0.2) is 79.0 Å². The van der Waals surface area contributed by atoms with Crippen LogP contribution in [0, 0.1) is 0 Å². The SMILES string of the molecule is O=C(OCc1ccccc1)c1ccc(N2CCN(C3CC(OCc4ccccc4)C3)CC2)nc1. The third kappa shape index (κ3) is 5.64. The highest BCUT2D eigenvalue weighted by Gasteiger charge is 2.35. The van der Waals surface area contributed by atoms with Gasteiger partial charge in [-0.25, -0.2) is 9.78 Å². The summed E-state index contributed by atoms with van der Waals surface area (Å²) in [6, 6.07) is 24.4. The molecule has 2 aliphatic rings. The number of aromatic nitrogens is 1. The van der Waals surface area contributed by atoms with Gasteiger partial charge in [0.25, 0.3) is 0 Å². The maximum absolute atomic E-state index is 12.3. The van der Waals surface area contributed by atoms with Crippen LogP contribution in [0.1, 0.15) is 34.3 Å². The van der Waals surface area contributed by atoms with Gasteiger partial charge in [-0.2, -0.15) is 0 Å². The van der Waals surface area contributed by atoms with Crippen molar-refractivity contribution in [2.24, 2.45) is 0 Å². The van der Waals surface area contributed by atoms with Crippen LogP contribution in [-0.4, -0.2) is 54.2 Å². The quantitative estimate of drug-likeness (QED) is 0.470. The number of piperazine rings is 1. The van der Waals surface area contributed by atoms with Gasteiger partial charge in [-0.3, -0.25) is 4.90 Å². The Morgan fingerprint density at radius 2 is 1.47 bits per heavy atom. The molecule has 176 valence electrons.